The van der Waals surface area contributed by atoms with Crippen LogP contribution in [0.5, 0.6) is 0 Å². The number of carboxylic acid groups (broad SMARTS) is 1. The minimum Gasteiger partial charge on any atom is -0.481 e. The number of halogens is 1. The Morgan fingerprint density at radius 1 is 1.32 bits per heavy atom. The fraction of sp³-hybridized carbons (Fsp3) is 0.462. The van der Waals surface area contributed by atoms with Gasteiger partial charge in [0.1, 0.15) is 5.15 Å². The van der Waals surface area contributed by atoms with E-state index in [4.69, 9.17) is 16.7 Å². The van der Waals surface area contributed by atoms with E-state index in [-0.39, 0.29) is 23.0 Å². The molecule has 1 saturated carbocycles. The first kappa shape index (κ1) is 13.8. The second-order valence-corrected chi connectivity index (χ2v) is 5.11. The van der Waals surface area contributed by atoms with Crippen molar-refractivity contribution in [3.8, 4) is 0 Å². The second kappa shape index (κ2) is 6.02. The minimum atomic E-state index is -0.745. The minimum absolute atomic E-state index is 0.0371. The number of carbonyl (C=O) groups is 2. The van der Waals surface area contributed by atoms with E-state index in [1.54, 1.807) is 6.07 Å². The van der Waals surface area contributed by atoms with E-state index in [9.17, 15) is 9.59 Å². The average Bonchev–Trinajstić information content (AvgIpc) is 2.39. The van der Waals surface area contributed by atoms with Crippen LogP contribution in [-0.2, 0) is 4.79 Å². The molecule has 1 aromatic heterocycles. The summed E-state index contributed by atoms with van der Waals surface area (Å²) >= 11 is 5.73. The van der Waals surface area contributed by atoms with E-state index in [0.717, 1.165) is 0 Å². The number of pyridine rings is 1. The number of amides is 1. The van der Waals surface area contributed by atoms with Crippen LogP contribution in [0.4, 0.5) is 0 Å². The third-order valence-electron chi connectivity index (χ3n) is 3.40. The number of carboxylic acids is 1. The summed E-state index contributed by atoms with van der Waals surface area (Å²) in [5.74, 6) is -1.21. The fourth-order valence-electron chi connectivity index (χ4n) is 2.30. The summed E-state index contributed by atoms with van der Waals surface area (Å²) in [6.45, 7) is 0. The van der Waals surface area contributed by atoms with E-state index in [0.29, 0.717) is 31.2 Å². The Balaban J connectivity index is 1.89. The number of carbonyl (C=O) groups excluding carboxylic acids is 1. The van der Waals surface area contributed by atoms with Gasteiger partial charge in [-0.2, -0.15) is 0 Å². The number of hydrogen-bond donors (Lipinski definition) is 2. The smallest absolute Gasteiger partial charge is 0.306 e. The number of aromatic nitrogens is 1. The Hall–Kier alpha value is -1.62. The van der Waals surface area contributed by atoms with Crippen molar-refractivity contribution < 1.29 is 14.7 Å². The van der Waals surface area contributed by atoms with Gasteiger partial charge in [0.25, 0.3) is 5.91 Å². The Kier molecular flexibility index (Phi) is 4.37. The first-order valence-electron chi connectivity index (χ1n) is 6.21. The Labute approximate surface area is 116 Å². The van der Waals surface area contributed by atoms with Gasteiger partial charge in [0.05, 0.1) is 5.92 Å². The van der Waals surface area contributed by atoms with Crippen LogP contribution >= 0.6 is 11.6 Å². The van der Waals surface area contributed by atoms with E-state index < -0.39 is 5.97 Å². The molecule has 0 atom stereocenters. The third kappa shape index (κ3) is 3.67. The zero-order chi connectivity index (χ0) is 13.8. The molecule has 19 heavy (non-hydrogen) atoms. The van der Waals surface area contributed by atoms with Gasteiger partial charge >= 0.3 is 5.97 Å². The van der Waals surface area contributed by atoms with E-state index >= 15 is 0 Å². The summed E-state index contributed by atoms with van der Waals surface area (Å²) in [5, 5.41) is 12.1. The number of aliphatic carboxylic acids is 1. The Bertz CT molecular complexity index is 485. The van der Waals surface area contributed by atoms with Crippen LogP contribution in [0.2, 0.25) is 5.15 Å². The maximum atomic E-state index is 12.0. The summed E-state index contributed by atoms with van der Waals surface area (Å²) in [6.07, 6.45) is 4.09. The average molecular weight is 283 g/mol. The van der Waals surface area contributed by atoms with Gasteiger partial charge in [0.15, 0.2) is 0 Å². The summed E-state index contributed by atoms with van der Waals surface area (Å²) in [4.78, 5) is 26.6. The fourth-order valence-corrected chi connectivity index (χ4v) is 2.47. The lowest BCUT2D eigenvalue weighted by molar-refractivity contribution is -0.142. The maximum Gasteiger partial charge on any atom is 0.306 e. The van der Waals surface area contributed by atoms with Crippen LogP contribution in [0.15, 0.2) is 18.3 Å². The molecule has 5 nitrogen and oxygen atoms in total. The number of rotatable bonds is 3. The van der Waals surface area contributed by atoms with Crippen LogP contribution in [0, 0.1) is 5.92 Å². The van der Waals surface area contributed by atoms with Crippen molar-refractivity contribution in [1.82, 2.24) is 10.3 Å². The molecule has 0 radical (unpaired) electrons. The molecule has 1 aromatic rings. The van der Waals surface area contributed by atoms with Crippen molar-refractivity contribution in [1.29, 1.82) is 0 Å². The molecule has 1 amide bonds. The summed E-state index contributed by atoms with van der Waals surface area (Å²) in [6, 6.07) is 3.15. The molecule has 1 aliphatic carbocycles. The molecular weight excluding hydrogens is 268 g/mol. The highest BCUT2D eigenvalue weighted by Gasteiger charge is 2.26. The van der Waals surface area contributed by atoms with Crippen molar-refractivity contribution in [2.75, 3.05) is 0 Å². The molecule has 0 bridgehead atoms. The number of nitrogens with one attached hydrogen (secondary N) is 1. The molecule has 2 N–H and O–H groups in total. The normalized spacial score (nSPS) is 22.8. The first-order chi connectivity index (χ1) is 9.06. The van der Waals surface area contributed by atoms with Gasteiger partial charge < -0.3 is 10.4 Å². The highest BCUT2D eigenvalue weighted by Crippen LogP contribution is 2.24. The summed E-state index contributed by atoms with van der Waals surface area (Å²) in [5.41, 5.74) is 0.473. The quantitative estimate of drug-likeness (QED) is 0.832. The molecule has 102 valence electrons. The lowest BCUT2D eigenvalue weighted by atomic mass is 9.86. The maximum absolute atomic E-state index is 12.0. The SMILES string of the molecule is O=C(NC1CCC(C(=O)O)CC1)c1ccnc(Cl)c1. The van der Waals surface area contributed by atoms with Crippen molar-refractivity contribution in [3.63, 3.8) is 0 Å². The van der Waals surface area contributed by atoms with Crippen LogP contribution in [0.1, 0.15) is 36.0 Å². The monoisotopic (exact) mass is 282 g/mol. The first-order valence-corrected chi connectivity index (χ1v) is 6.59. The third-order valence-corrected chi connectivity index (χ3v) is 3.61. The Morgan fingerprint density at radius 3 is 2.58 bits per heavy atom. The largest absolute Gasteiger partial charge is 0.481 e. The molecule has 0 spiro atoms. The van der Waals surface area contributed by atoms with Crippen LogP contribution in [0.25, 0.3) is 0 Å². The van der Waals surface area contributed by atoms with Crippen LogP contribution in [-0.4, -0.2) is 28.0 Å². The van der Waals surface area contributed by atoms with Gasteiger partial charge in [0.2, 0.25) is 0 Å². The van der Waals surface area contributed by atoms with Crippen molar-refractivity contribution in [3.05, 3.63) is 29.0 Å². The van der Waals surface area contributed by atoms with E-state index in [2.05, 4.69) is 10.3 Å². The molecule has 6 heteroatoms. The molecular formula is C13H15ClN2O3. The predicted molar refractivity (Wildman–Crippen MR) is 70.1 cm³/mol. The number of hydrogen-bond acceptors (Lipinski definition) is 3. The van der Waals surface area contributed by atoms with Crippen molar-refractivity contribution in [2.45, 2.75) is 31.7 Å². The van der Waals surface area contributed by atoms with Gasteiger partial charge in [-0.3, -0.25) is 9.59 Å². The van der Waals surface area contributed by atoms with E-state index in [1.165, 1.54) is 12.3 Å². The lowest BCUT2D eigenvalue weighted by Crippen LogP contribution is -2.38. The van der Waals surface area contributed by atoms with Gasteiger partial charge in [-0.25, -0.2) is 4.98 Å². The second-order valence-electron chi connectivity index (χ2n) is 4.73. The van der Waals surface area contributed by atoms with Gasteiger partial charge in [-0.1, -0.05) is 11.6 Å². The van der Waals surface area contributed by atoms with Gasteiger partial charge in [0, 0.05) is 17.8 Å². The van der Waals surface area contributed by atoms with Gasteiger partial charge in [-0.05, 0) is 37.8 Å². The predicted octanol–water partition coefficient (Wildman–Crippen LogP) is 2.11. The molecule has 0 unspecified atom stereocenters. The van der Waals surface area contributed by atoms with Crippen molar-refractivity contribution >= 4 is 23.5 Å². The Morgan fingerprint density at radius 2 is 2.00 bits per heavy atom. The molecule has 1 fully saturated rings. The topological polar surface area (TPSA) is 79.3 Å². The van der Waals surface area contributed by atoms with E-state index in [1.807, 2.05) is 0 Å². The zero-order valence-electron chi connectivity index (χ0n) is 10.3. The van der Waals surface area contributed by atoms with Crippen LogP contribution in [0.3, 0.4) is 0 Å². The van der Waals surface area contributed by atoms with Gasteiger partial charge in [-0.15, -0.1) is 0 Å². The molecule has 0 saturated heterocycles. The number of nitrogens with zero attached hydrogens (tertiary/aromatic N) is 1. The highest BCUT2D eigenvalue weighted by atomic mass is 35.5. The standard InChI is InChI=1S/C13H15ClN2O3/c14-11-7-9(5-6-15-11)12(17)16-10-3-1-8(2-4-10)13(18)19/h5-8,10H,1-4H2,(H,16,17)(H,18,19). The van der Waals surface area contributed by atoms with Crippen LogP contribution < -0.4 is 5.32 Å². The molecule has 1 aliphatic rings. The highest BCUT2D eigenvalue weighted by molar-refractivity contribution is 6.29. The summed E-state index contributed by atoms with van der Waals surface area (Å²) in [7, 11) is 0. The van der Waals surface area contributed by atoms with Crippen molar-refractivity contribution in [2.24, 2.45) is 5.92 Å². The molecule has 0 aliphatic heterocycles. The molecule has 2 rings (SSSR count). The lowest BCUT2D eigenvalue weighted by Gasteiger charge is -2.26. The zero-order valence-corrected chi connectivity index (χ0v) is 11.1. The molecule has 1 heterocycles. The molecule has 0 aromatic carbocycles. The summed E-state index contributed by atoms with van der Waals surface area (Å²) < 4.78 is 0.